The van der Waals surface area contributed by atoms with Crippen LogP contribution in [0.1, 0.15) is 35.2 Å². The van der Waals surface area contributed by atoms with Gasteiger partial charge in [-0.2, -0.15) is 0 Å². The summed E-state index contributed by atoms with van der Waals surface area (Å²) in [5.41, 5.74) is 2.09. The third-order valence-electron chi connectivity index (χ3n) is 6.42. The van der Waals surface area contributed by atoms with E-state index in [4.69, 9.17) is 4.74 Å². The first kappa shape index (κ1) is 22.7. The van der Waals surface area contributed by atoms with E-state index in [1.54, 1.807) is 43.0 Å². The molecule has 3 amide bonds. The van der Waals surface area contributed by atoms with Gasteiger partial charge in [0.05, 0.1) is 11.2 Å². The first-order valence-electron chi connectivity index (χ1n) is 11.6. The second kappa shape index (κ2) is 9.29. The molecule has 0 spiro atoms. The van der Waals surface area contributed by atoms with Crippen molar-refractivity contribution in [3.63, 3.8) is 0 Å². The summed E-state index contributed by atoms with van der Waals surface area (Å²) in [5, 5.41) is 0.975. The molecule has 1 aromatic carbocycles. The molecule has 1 unspecified atom stereocenters. The van der Waals surface area contributed by atoms with Gasteiger partial charge in [-0.05, 0) is 48.6 Å². The van der Waals surface area contributed by atoms with Gasteiger partial charge in [0.2, 0.25) is 5.91 Å². The van der Waals surface area contributed by atoms with E-state index in [1.165, 1.54) is 22.6 Å². The molecule has 1 atom stereocenters. The molecule has 2 aromatic rings. The van der Waals surface area contributed by atoms with Crippen molar-refractivity contribution in [1.82, 2.24) is 14.8 Å². The molecular formula is C25H28N4O4S. The van der Waals surface area contributed by atoms with Crippen LogP contribution in [0.3, 0.4) is 0 Å². The number of carbonyl (C=O) groups excluding carboxylic acids is 3. The number of likely N-dealkylation sites (N-methyl/N-ethyl adjacent to an activating group) is 1. The van der Waals surface area contributed by atoms with Gasteiger partial charge >= 0.3 is 0 Å². The van der Waals surface area contributed by atoms with Crippen molar-refractivity contribution in [3.05, 3.63) is 47.7 Å². The predicted octanol–water partition coefficient (Wildman–Crippen LogP) is 2.81. The molecule has 3 aliphatic rings. The van der Waals surface area contributed by atoms with Crippen LogP contribution in [0.5, 0.6) is 5.75 Å². The van der Waals surface area contributed by atoms with Crippen LogP contribution < -0.4 is 9.64 Å². The van der Waals surface area contributed by atoms with Gasteiger partial charge in [-0.3, -0.25) is 14.4 Å². The van der Waals surface area contributed by atoms with E-state index >= 15 is 0 Å². The molecule has 9 heteroatoms. The van der Waals surface area contributed by atoms with Crippen LogP contribution in [0.2, 0.25) is 0 Å². The standard InChI is InChI=1S/C25H28N4O4S/c1-27(2)23(30)14-28-13-17-5-6-18(11-20(17)24(28)31)29-10-9-21(25(29)32)33-19-7-8-22(26-12-19)34-15-16-3-4-16/h5-8,11-12,16,21H,3-4,9-10,13-15H2,1-2H3. The van der Waals surface area contributed by atoms with Crippen LogP contribution in [-0.4, -0.2) is 71.5 Å². The summed E-state index contributed by atoms with van der Waals surface area (Å²) in [5.74, 6) is 2.09. The third-order valence-corrected chi connectivity index (χ3v) is 7.59. The molecule has 0 radical (unpaired) electrons. The molecule has 5 rings (SSSR count). The smallest absolute Gasteiger partial charge is 0.268 e. The average molecular weight is 481 g/mol. The Morgan fingerprint density at radius 1 is 1.18 bits per heavy atom. The molecule has 1 aromatic heterocycles. The maximum atomic E-state index is 13.1. The highest BCUT2D eigenvalue weighted by molar-refractivity contribution is 7.99. The summed E-state index contributed by atoms with van der Waals surface area (Å²) in [6, 6.07) is 9.29. The van der Waals surface area contributed by atoms with E-state index in [9.17, 15) is 14.4 Å². The molecule has 0 N–H and O–H groups in total. The van der Waals surface area contributed by atoms with E-state index < -0.39 is 6.10 Å². The molecule has 3 heterocycles. The Kier molecular flexibility index (Phi) is 6.20. The maximum Gasteiger partial charge on any atom is 0.268 e. The highest BCUT2D eigenvalue weighted by Crippen LogP contribution is 2.35. The SMILES string of the molecule is CN(C)C(=O)CN1Cc2ccc(N3CCC(Oc4ccc(SCC5CC5)nc4)C3=O)cc2C1=O. The lowest BCUT2D eigenvalue weighted by atomic mass is 10.1. The number of pyridine rings is 1. The summed E-state index contributed by atoms with van der Waals surface area (Å²) in [6.45, 7) is 0.956. The molecule has 1 saturated heterocycles. The molecule has 178 valence electrons. The average Bonchev–Trinajstić information content (AvgIpc) is 3.53. The van der Waals surface area contributed by atoms with Crippen molar-refractivity contribution < 1.29 is 19.1 Å². The van der Waals surface area contributed by atoms with E-state index in [0.717, 1.165) is 22.3 Å². The Balaban J connectivity index is 1.21. The summed E-state index contributed by atoms with van der Waals surface area (Å²) < 4.78 is 5.95. The van der Waals surface area contributed by atoms with Crippen molar-refractivity contribution in [3.8, 4) is 5.75 Å². The van der Waals surface area contributed by atoms with Gasteiger partial charge in [0.1, 0.15) is 12.3 Å². The second-order valence-electron chi connectivity index (χ2n) is 9.26. The molecule has 8 nitrogen and oxygen atoms in total. The van der Waals surface area contributed by atoms with Gasteiger partial charge in [0.25, 0.3) is 11.8 Å². The van der Waals surface area contributed by atoms with Gasteiger partial charge < -0.3 is 19.4 Å². The van der Waals surface area contributed by atoms with Crippen LogP contribution in [0.25, 0.3) is 0 Å². The van der Waals surface area contributed by atoms with Crippen LogP contribution >= 0.6 is 11.8 Å². The minimum Gasteiger partial charge on any atom is -0.479 e. The fraction of sp³-hybridized carbons (Fsp3) is 0.440. The van der Waals surface area contributed by atoms with Crippen LogP contribution in [0.15, 0.2) is 41.6 Å². The number of benzene rings is 1. The predicted molar refractivity (Wildman–Crippen MR) is 129 cm³/mol. The van der Waals surface area contributed by atoms with E-state index in [-0.39, 0.29) is 24.3 Å². The number of hydrogen-bond donors (Lipinski definition) is 0. The highest BCUT2D eigenvalue weighted by Gasteiger charge is 2.36. The van der Waals surface area contributed by atoms with Gasteiger partial charge in [0.15, 0.2) is 6.10 Å². The lowest BCUT2D eigenvalue weighted by molar-refractivity contribution is -0.129. The van der Waals surface area contributed by atoms with E-state index in [2.05, 4.69) is 4.98 Å². The first-order valence-corrected chi connectivity index (χ1v) is 12.6. The van der Waals surface area contributed by atoms with Gasteiger partial charge in [-0.15, -0.1) is 11.8 Å². The topological polar surface area (TPSA) is 83.1 Å². The summed E-state index contributed by atoms with van der Waals surface area (Å²) in [6.07, 6.45) is 4.31. The molecular weight excluding hydrogens is 452 g/mol. The Labute approximate surface area is 203 Å². The van der Waals surface area contributed by atoms with Crippen molar-refractivity contribution in [2.24, 2.45) is 5.92 Å². The number of thioether (sulfide) groups is 1. The normalized spacial score (nSPS) is 19.5. The molecule has 2 aliphatic heterocycles. The van der Waals surface area contributed by atoms with Gasteiger partial charge in [0, 0.05) is 50.6 Å². The Morgan fingerprint density at radius 3 is 2.71 bits per heavy atom. The second-order valence-corrected chi connectivity index (χ2v) is 10.3. The van der Waals surface area contributed by atoms with Crippen LogP contribution in [-0.2, 0) is 16.1 Å². The van der Waals surface area contributed by atoms with Crippen LogP contribution in [0, 0.1) is 5.92 Å². The number of hydrogen-bond acceptors (Lipinski definition) is 6. The highest BCUT2D eigenvalue weighted by atomic mass is 32.2. The minimum absolute atomic E-state index is 0.0420. The zero-order valence-electron chi connectivity index (χ0n) is 19.4. The molecule has 34 heavy (non-hydrogen) atoms. The zero-order valence-corrected chi connectivity index (χ0v) is 20.2. The monoisotopic (exact) mass is 480 g/mol. The maximum absolute atomic E-state index is 13.1. The van der Waals surface area contributed by atoms with Crippen molar-refractivity contribution >= 4 is 35.2 Å². The third kappa shape index (κ3) is 4.75. The number of amides is 3. The first-order chi connectivity index (χ1) is 16.4. The van der Waals surface area contributed by atoms with Crippen molar-refractivity contribution in [2.45, 2.75) is 36.9 Å². The molecule has 0 bridgehead atoms. The Morgan fingerprint density at radius 2 is 2.00 bits per heavy atom. The fourth-order valence-corrected chi connectivity index (χ4v) is 5.17. The quantitative estimate of drug-likeness (QED) is 0.541. The number of rotatable bonds is 8. The zero-order chi connectivity index (χ0) is 23.8. The molecule has 1 aliphatic carbocycles. The largest absolute Gasteiger partial charge is 0.479 e. The van der Waals surface area contributed by atoms with Crippen molar-refractivity contribution in [2.75, 3.05) is 37.8 Å². The number of ether oxygens (including phenoxy) is 1. The summed E-state index contributed by atoms with van der Waals surface area (Å²) in [4.78, 5) is 47.1. The lowest BCUT2D eigenvalue weighted by Crippen LogP contribution is -2.36. The minimum atomic E-state index is -0.579. The van der Waals surface area contributed by atoms with Gasteiger partial charge in [-0.1, -0.05) is 6.07 Å². The summed E-state index contributed by atoms with van der Waals surface area (Å²) >= 11 is 1.76. The summed E-state index contributed by atoms with van der Waals surface area (Å²) in [7, 11) is 3.34. The fourth-order valence-electron chi connectivity index (χ4n) is 4.14. The lowest BCUT2D eigenvalue weighted by Gasteiger charge is -2.18. The number of carbonyl (C=O) groups is 3. The number of anilines is 1. The van der Waals surface area contributed by atoms with Crippen LogP contribution in [0.4, 0.5) is 5.69 Å². The molecule has 1 saturated carbocycles. The van der Waals surface area contributed by atoms with E-state index in [1.807, 2.05) is 24.3 Å². The Hall–Kier alpha value is -3.07. The number of aromatic nitrogens is 1. The number of fused-ring (bicyclic) bond motifs is 1. The Bertz CT molecular complexity index is 1120. The van der Waals surface area contributed by atoms with Crippen molar-refractivity contribution in [1.29, 1.82) is 0 Å². The number of nitrogens with zero attached hydrogens (tertiary/aromatic N) is 4. The molecule has 2 fully saturated rings. The van der Waals surface area contributed by atoms with Gasteiger partial charge in [-0.25, -0.2) is 4.98 Å². The van der Waals surface area contributed by atoms with E-state index in [0.29, 0.717) is 36.5 Å².